The quantitative estimate of drug-likeness (QED) is 0.246. The van der Waals surface area contributed by atoms with E-state index < -0.39 is 0 Å². The van der Waals surface area contributed by atoms with Crippen molar-refractivity contribution in [3.05, 3.63) is 74.7 Å². The average molecular weight is 597 g/mol. The summed E-state index contributed by atoms with van der Waals surface area (Å²) in [6.45, 7) is 0.562. The fourth-order valence-electron chi connectivity index (χ4n) is 7.67. The van der Waals surface area contributed by atoms with E-state index in [1.165, 1.54) is 36.0 Å². The topological polar surface area (TPSA) is 54.3 Å². The largest absolute Gasteiger partial charge is 0.342 e. The highest BCUT2D eigenvalue weighted by molar-refractivity contribution is 8.26. The van der Waals surface area contributed by atoms with Crippen molar-refractivity contribution in [3.63, 3.8) is 0 Å². The van der Waals surface area contributed by atoms with Crippen LogP contribution in [0.5, 0.6) is 0 Å². The number of carbonyl (C=O) groups excluding carboxylic acids is 2. The molecule has 5 nitrogen and oxygen atoms in total. The number of rotatable bonds is 5. The zero-order valence-electron chi connectivity index (χ0n) is 21.2. The minimum absolute atomic E-state index is 0.0319. The molecule has 2 aromatic carbocycles. The maximum atomic E-state index is 13.6. The number of amides is 2. The number of benzene rings is 2. The first-order chi connectivity index (χ1) is 18.8. The average Bonchev–Trinajstić information content (AvgIpc) is 3.36. The fraction of sp³-hybridized carbons (Fsp3) is 0.367. The number of hydrazine groups is 1. The van der Waals surface area contributed by atoms with Crippen LogP contribution in [0, 0.1) is 23.2 Å². The summed E-state index contributed by atoms with van der Waals surface area (Å²) < 4.78 is 2.48. The number of nitrogens with one attached hydrogen (secondary N) is 1. The van der Waals surface area contributed by atoms with Gasteiger partial charge in [0.1, 0.15) is 0 Å². The van der Waals surface area contributed by atoms with Crippen LogP contribution in [0.4, 0.5) is 0 Å². The van der Waals surface area contributed by atoms with Gasteiger partial charge in [0.15, 0.2) is 4.32 Å². The second-order valence-electron chi connectivity index (χ2n) is 11.6. The Bertz CT molecular complexity index is 1540. The lowest BCUT2D eigenvalue weighted by Crippen LogP contribution is -2.57. The number of para-hydroxylation sites is 1. The smallest absolute Gasteiger partial charge is 0.285 e. The zero-order valence-corrected chi connectivity index (χ0v) is 24.3. The van der Waals surface area contributed by atoms with Gasteiger partial charge in [-0.2, -0.15) is 5.01 Å². The Morgan fingerprint density at radius 2 is 1.77 bits per heavy atom. The van der Waals surface area contributed by atoms with E-state index in [1.54, 1.807) is 6.07 Å². The van der Waals surface area contributed by atoms with Crippen LogP contribution in [0.15, 0.2) is 53.6 Å². The molecule has 0 atom stereocenters. The molecule has 0 radical (unpaired) electrons. The Labute approximate surface area is 246 Å². The van der Waals surface area contributed by atoms with Crippen LogP contribution in [0.1, 0.15) is 49.7 Å². The predicted octanol–water partition coefficient (Wildman–Crippen LogP) is 7.45. The molecule has 2 amide bonds. The molecule has 3 aromatic rings. The van der Waals surface area contributed by atoms with Gasteiger partial charge in [0.2, 0.25) is 5.91 Å². The second-order valence-corrected chi connectivity index (χ2v) is 14.1. The van der Waals surface area contributed by atoms with Crippen molar-refractivity contribution in [3.8, 4) is 0 Å². The maximum absolute atomic E-state index is 13.6. The Morgan fingerprint density at radius 1 is 1.08 bits per heavy atom. The summed E-state index contributed by atoms with van der Waals surface area (Å²) in [5, 5.41) is 3.52. The molecule has 4 saturated carbocycles. The Kier molecular flexibility index (Phi) is 6.34. The molecule has 1 aliphatic heterocycles. The number of halogens is 2. The molecule has 39 heavy (non-hydrogen) atoms. The summed E-state index contributed by atoms with van der Waals surface area (Å²) in [5.41, 5.74) is 5.48. The molecular formula is C30H27Cl2N3O2S2. The fourth-order valence-corrected chi connectivity index (χ4v) is 9.31. The highest BCUT2D eigenvalue weighted by Gasteiger charge is 2.55. The van der Waals surface area contributed by atoms with Crippen molar-refractivity contribution >= 4 is 80.3 Å². The van der Waals surface area contributed by atoms with Gasteiger partial charge in [-0.25, -0.2) is 0 Å². The van der Waals surface area contributed by atoms with Gasteiger partial charge < -0.3 is 4.57 Å². The number of carbonyl (C=O) groups is 2. The first-order valence-electron chi connectivity index (χ1n) is 13.4. The summed E-state index contributed by atoms with van der Waals surface area (Å²) in [4.78, 5) is 27.6. The van der Waals surface area contributed by atoms with Crippen LogP contribution in [-0.2, 0) is 16.1 Å². The number of fused-ring (bicyclic) bond motifs is 1. The molecule has 8 rings (SSSR count). The van der Waals surface area contributed by atoms with E-state index in [0.29, 0.717) is 43.6 Å². The van der Waals surface area contributed by atoms with Crippen LogP contribution in [-0.4, -0.2) is 25.7 Å². The highest BCUT2D eigenvalue weighted by atomic mass is 35.5. The molecule has 1 saturated heterocycles. The van der Waals surface area contributed by atoms with Gasteiger partial charge in [0.25, 0.3) is 5.91 Å². The molecule has 4 aliphatic carbocycles. The molecule has 200 valence electrons. The standard InChI is InChI=1S/C30H27Cl2N3O2S2/c31-22-6-5-20(24(32)11-22)15-34-16-21(23-3-1-2-4-25(23)34)10-26-27(36)35(29(38)39-26)33-28(37)30-12-17-7-18(13-30)9-19(8-17)14-30/h1-6,10-11,16-19H,7-9,12-15H2,(H,33,37)/b26-10+. The van der Waals surface area contributed by atoms with Gasteiger partial charge in [-0.05, 0) is 98.3 Å². The number of thioether (sulfide) groups is 1. The molecule has 5 aliphatic rings. The molecule has 2 heterocycles. The molecule has 1 aromatic heterocycles. The Hall–Kier alpha value is -2.32. The Balaban J connectivity index is 1.14. The predicted molar refractivity (Wildman–Crippen MR) is 161 cm³/mol. The summed E-state index contributed by atoms with van der Waals surface area (Å²) in [6, 6.07) is 13.6. The lowest BCUT2D eigenvalue weighted by Gasteiger charge is -2.55. The van der Waals surface area contributed by atoms with Gasteiger partial charge in [0, 0.05) is 39.3 Å². The normalized spacial score (nSPS) is 28.7. The monoisotopic (exact) mass is 595 g/mol. The molecule has 1 N–H and O–H groups in total. The van der Waals surface area contributed by atoms with Gasteiger partial charge in [-0.15, -0.1) is 0 Å². The van der Waals surface area contributed by atoms with Crippen molar-refractivity contribution in [2.45, 2.75) is 45.1 Å². The second kappa shape index (κ2) is 9.65. The maximum Gasteiger partial charge on any atom is 0.285 e. The van der Waals surface area contributed by atoms with E-state index in [9.17, 15) is 9.59 Å². The number of aromatic nitrogens is 1. The van der Waals surface area contributed by atoms with Gasteiger partial charge >= 0.3 is 0 Å². The third kappa shape index (κ3) is 4.51. The SMILES string of the molecule is O=C1/C(=C\c2cn(Cc3ccc(Cl)cc3Cl)c3ccccc23)SC(=S)N1NC(=O)C12CC3CC(CC(C3)C1)C2. The van der Waals surface area contributed by atoms with Crippen molar-refractivity contribution in [2.75, 3.05) is 0 Å². The third-order valence-corrected chi connectivity index (χ3v) is 10.9. The Morgan fingerprint density at radius 3 is 2.46 bits per heavy atom. The van der Waals surface area contributed by atoms with E-state index in [2.05, 4.69) is 9.99 Å². The number of thiocarbonyl (C=S) groups is 1. The summed E-state index contributed by atoms with van der Waals surface area (Å²) in [7, 11) is 0. The summed E-state index contributed by atoms with van der Waals surface area (Å²) in [6.07, 6.45) is 10.5. The van der Waals surface area contributed by atoms with Crippen molar-refractivity contribution in [1.82, 2.24) is 15.0 Å². The third-order valence-electron chi connectivity index (χ3n) is 8.99. The first kappa shape index (κ1) is 25.6. The molecule has 9 heteroatoms. The van der Waals surface area contributed by atoms with E-state index in [-0.39, 0.29) is 17.2 Å². The van der Waals surface area contributed by atoms with Gasteiger partial charge in [0.05, 0.1) is 10.3 Å². The number of hydrogen-bond acceptors (Lipinski definition) is 4. The molecule has 4 bridgehead atoms. The number of hydrogen-bond donors (Lipinski definition) is 1. The van der Waals surface area contributed by atoms with Gasteiger partial charge in [-0.1, -0.05) is 59.2 Å². The van der Waals surface area contributed by atoms with Crippen molar-refractivity contribution in [2.24, 2.45) is 23.2 Å². The summed E-state index contributed by atoms with van der Waals surface area (Å²) >= 11 is 19.3. The molecular weight excluding hydrogens is 569 g/mol. The lowest BCUT2D eigenvalue weighted by atomic mass is 9.49. The van der Waals surface area contributed by atoms with Crippen LogP contribution in [0.3, 0.4) is 0 Å². The van der Waals surface area contributed by atoms with Crippen LogP contribution in [0.2, 0.25) is 10.0 Å². The number of nitrogens with zero attached hydrogens (tertiary/aromatic N) is 2. The lowest BCUT2D eigenvalue weighted by molar-refractivity contribution is -0.152. The minimum Gasteiger partial charge on any atom is -0.342 e. The molecule has 0 spiro atoms. The highest BCUT2D eigenvalue weighted by Crippen LogP contribution is 2.60. The van der Waals surface area contributed by atoms with Crippen LogP contribution < -0.4 is 5.43 Å². The van der Waals surface area contributed by atoms with Crippen molar-refractivity contribution in [1.29, 1.82) is 0 Å². The molecule has 0 unspecified atom stereocenters. The van der Waals surface area contributed by atoms with Gasteiger partial charge in [-0.3, -0.25) is 15.0 Å². The van der Waals surface area contributed by atoms with Crippen LogP contribution in [0.25, 0.3) is 17.0 Å². The van der Waals surface area contributed by atoms with Crippen molar-refractivity contribution < 1.29 is 9.59 Å². The summed E-state index contributed by atoms with van der Waals surface area (Å²) in [5.74, 6) is 1.63. The first-order valence-corrected chi connectivity index (χ1v) is 15.4. The van der Waals surface area contributed by atoms with E-state index in [0.717, 1.165) is 41.3 Å². The van der Waals surface area contributed by atoms with E-state index in [1.807, 2.05) is 48.7 Å². The zero-order chi connectivity index (χ0) is 26.9. The van der Waals surface area contributed by atoms with Crippen LogP contribution >= 0.6 is 47.2 Å². The van der Waals surface area contributed by atoms with E-state index >= 15 is 0 Å². The molecule has 5 fully saturated rings. The minimum atomic E-state index is -0.349. The van der Waals surface area contributed by atoms with E-state index in [4.69, 9.17) is 35.4 Å².